The maximum atomic E-state index is 11.6. The quantitative estimate of drug-likeness (QED) is 0.847. The number of carbonyl (C=O) groups excluding carboxylic acids is 1. The summed E-state index contributed by atoms with van der Waals surface area (Å²) < 4.78 is 4.34. The van der Waals surface area contributed by atoms with Crippen molar-refractivity contribution in [2.24, 2.45) is 0 Å². The van der Waals surface area contributed by atoms with E-state index in [1.165, 1.54) is 11.1 Å². The zero-order chi connectivity index (χ0) is 13.7. The summed E-state index contributed by atoms with van der Waals surface area (Å²) in [6.45, 7) is 3.58. The molecule has 0 aliphatic carbocycles. The Kier molecular flexibility index (Phi) is 5.00. The number of benzene rings is 1. The minimum Gasteiger partial charge on any atom is -0.346 e. The molecule has 1 aromatic carbocycles. The lowest BCUT2D eigenvalue weighted by molar-refractivity contribution is -0.140. The van der Waals surface area contributed by atoms with Crippen LogP contribution in [0.25, 0.3) is 5.57 Å². The van der Waals surface area contributed by atoms with Crippen LogP contribution in [0.1, 0.15) is 25.3 Å². The van der Waals surface area contributed by atoms with E-state index in [0.29, 0.717) is 6.42 Å². The third-order valence-corrected chi connectivity index (χ3v) is 3.71. The summed E-state index contributed by atoms with van der Waals surface area (Å²) in [5, 5.41) is 0. The van der Waals surface area contributed by atoms with E-state index in [-0.39, 0.29) is 12.0 Å². The molecule has 102 valence electrons. The lowest BCUT2D eigenvalue weighted by Gasteiger charge is -2.31. The van der Waals surface area contributed by atoms with Crippen molar-refractivity contribution in [2.75, 3.05) is 13.1 Å². The molecular formula is C15H18ClNO2. The molecule has 4 heteroatoms. The molecule has 0 amide bonds. The SMILES string of the molecule is CCC(C(=O)OCl)N1CC=C(c2ccccc2)CC1. The fraction of sp³-hybridized carbons (Fsp3) is 0.400. The van der Waals surface area contributed by atoms with Crippen molar-refractivity contribution in [2.45, 2.75) is 25.8 Å². The predicted molar refractivity (Wildman–Crippen MR) is 76.6 cm³/mol. The standard InChI is InChI=1S/C15H18ClNO2/c1-2-14(15(18)19-16)17-10-8-13(9-11-17)12-6-4-3-5-7-12/h3-8,14H,2,9-11H2,1H3. The van der Waals surface area contributed by atoms with Gasteiger partial charge in [-0.15, -0.1) is 0 Å². The first-order chi connectivity index (χ1) is 9.26. The molecular weight excluding hydrogens is 262 g/mol. The van der Waals surface area contributed by atoms with Gasteiger partial charge in [0.1, 0.15) is 17.9 Å². The number of hydrogen-bond acceptors (Lipinski definition) is 3. The molecule has 1 aliphatic rings. The van der Waals surface area contributed by atoms with Crippen LogP contribution in [0.3, 0.4) is 0 Å². The van der Waals surface area contributed by atoms with Gasteiger partial charge in [-0.2, -0.15) is 0 Å². The second kappa shape index (κ2) is 6.73. The van der Waals surface area contributed by atoms with Crippen LogP contribution in [0.2, 0.25) is 0 Å². The lowest BCUT2D eigenvalue weighted by atomic mass is 9.98. The first-order valence-electron chi connectivity index (χ1n) is 6.57. The molecule has 0 bridgehead atoms. The van der Waals surface area contributed by atoms with Crippen LogP contribution < -0.4 is 0 Å². The zero-order valence-electron chi connectivity index (χ0n) is 11.0. The number of hydrogen-bond donors (Lipinski definition) is 0. The normalized spacial score (nSPS) is 17.7. The maximum Gasteiger partial charge on any atom is 0.341 e. The van der Waals surface area contributed by atoms with Crippen molar-refractivity contribution in [3.05, 3.63) is 42.0 Å². The molecule has 0 saturated carbocycles. The summed E-state index contributed by atoms with van der Waals surface area (Å²) in [6, 6.07) is 10.1. The van der Waals surface area contributed by atoms with Crippen LogP contribution >= 0.6 is 11.9 Å². The fourth-order valence-electron chi connectivity index (χ4n) is 2.51. The van der Waals surface area contributed by atoms with Crippen LogP contribution in [-0.4, -0.2) is 30.0 Å². The van der Waals surface area contributed by atoms with E-state index in [9.17, 15) is 4.79 Å². The molecule has 0 aromatic heterocycles. The Bertz CT molecular complexity index is 458. The largest absolute Gasteiger partial charge is 0.346 e. The van der Waals surface area contributed by atoms with Gasteiger partial charge >= 0.3 is 5.97 Å². The van der Waals surface area contributed by atoms with Crippen LogP contribution in [0.4, 0.5) is 0 Å². The molecule has 0 spiro atoms. The Balaban J connectivity index is 2.05. The minimum absolute atomic E-state index is 0.244. The minimum atomic E-state index is -0.360. The molecule has 3 nitrogen and oxygen atoms in total. The van der Waals surface area contributed by atoms with Crippen molar-refractivity contribution in [1.82, 2.24) is 4.90 Å². The molecule has 1 aromatic rings. The van der Waals surface area contributed by atoms with Gasteiger partial charge in [0, 0.05) is 13.1 Å². The fourth-order valence-corrected chi connectivity index (χ4v) is 2.61. The molecule has 1 aliphatic heterocycles. The highest BCUT2D eigenvalue weighted by molar-refractivity contribution is 6.13. The van der Waals surface area contributed by atoms with Crippen LogP contribution in [-0.2, 0) is 9.08 Å². The molecule has 1 atom stereocenters. The highest BCUT2D eigenvalue weighted by atomic mass is 35.5. The summed E-state index contributed by atoms with van der Waals surface area (Å²) >= 11 is 5.18. The first kappa shape index (κ1) is 14.1. The van der Waals surface area contributed by atoms with Crippen molar-refractivity contribution in [3.63, 3.8) is 0 Å². The second-order valence-electron chi connectivity index (χ2n) is 4.66. The molecule has 1 unspecified atom stereocenters. The molecule has 0 saturated heterocycles. The van der Waals surface area contributed by atoms with Gasteiger partial charge in [-0.1, -0.05) is 43.3 Å². The van der Waals surface area contributed by atoms with Crippen LogP contribution in [0, 0.1) is 0 Å². The number of rotatable bonds is 4. The van der Waals surface area contributed by atoms with Crippen molar-refractivity contribution < 1.29 is 9.08 Å². The van der Waals surface area contributed by atoms with Gasteiger partial charge in [0.15, 0.2) is 0 Å². The smallest absolute Gasteiger partial charge is 0.341 e. The summed E-state index contributed by atoms with van der Waals surface area (Å²) in [6.07, 6.45) is 3.83. The Morgan fingerprint density at radius 1 is 1.42 bits per heavy atom. The summed E-state index contributed by atoms with van der Waals surface area (Å²) in [5.41, 5.74) is 2.60. The van der Waals surface area contributed by atoms with Gasteiger partial charge in [0.2, 0.25) is 0 Å². The van der Waals surface area contributed by atoms with E-state index >= 15 is 0 Å². The van der Waals surface area contributed by atoms with E-state index < -0.39 is 0 Å². The van der Waals surface area contributed by atoms with Gasteiger partial charge in [0.25, 0.3) is 0 Å². The van der Waals surface area contributed by atoms with Gasteiger partial charge in [-0.25, -0.2) is 4.79 Å². The average molecular weight is 280 g/mol. The first-order valence-corrected chi connectivity index (χ1v) is 6.88. The number of nitrogens with zero attached hydrogens (tertiary/aromatic N) is 1. The Morgan fingerprint density at radius 2 is 2.16 bits per heavy atom. The molecule has 2 rings (SSSR count). The van der Waals surface area contributed by atoms with E-state index in [2.05, 4.69) is 27.4 Å². The number of carbonyl (C=O) groups is 1. The topological polar surface area (TPSA) is 29.5 Å². The third kappa shape index (κ3) is 3.37. The van der Waals surface area contributed by atoms with Crippen molar-refractivity contribution in [1.29, 1.82) is 0 Å². The van der Waals surface area contributed by atoms with E-state index in [4.69, 9.17) is 11.9 Å². The average Bonchev–Trinajstić information content (AvgIpc) is 2.49. The lowest BCUT2D eigenvalue weighted by Crippen LogP contribution is -2.43. The predicted octanol–water partition coefficient (Wildman–Crippen LogP) is 3.25. The Hall–Kier alpha value is -1.32. The molecule has 0 fully saturated rings. The molecule has 0 radical (unpaired) electrons. The highest BCUT2D eigenvalue weighted by Gasteiger charge is 2.27. The van der Waals surface area contributed by atoms with Gasteiger partial charge in [0.05, 0.1) is 0 Å². The summed E-state index contributed by atoms with van der Waals surface area (Å²) in [5.74, 6) is -0.360. The summed E-state index contributed by atoms with van der Waals surface area (Å²) in [7, 11) is 0. The van der Waals surface area contributed by atoms with Gasteiger partial charge in [-0.3, -0.25) is 4.90 Å². The monoisotopic (exact) mass is 279 g/mol. The van der Waals surface area contributed by atoms with Gasteiger partial charge in [-0.05, 0) is 24.0 Å². The van der Waals surface area contributed by atoms with Crippen LogP contribution in [0.5, 0.6) is 0 Å². The van der Waals surface area contributed by atoms with E-state index in [0.717, 1.165) is 19.5 Å². The Labute approximate surface area is 119 Å². The Morgan fingerprint density at radius 3 is 2.68 bits per heavy atom. The van der Waals surface area contributed by atoms with Crippen molar-refractivity contribution >= 4 is 23.4 Å². The maximum absolute atomic E-state index is 11.6. The molecule has 19 heavy (non-hydrogen) atoms. The summed E-state index contributed by atoms with van der Waals surface area (Å²) in [4.78, 5) is 13.7. The zero-order valence-corrected chi connectivity index (χ0v) is 11.8. The number of halogens is 1. The highest BCUT2D eigenvalue weighted by Crippen LogP contribution is 2.23. The van der Waals surface area contributed by atoms with E-state index in [1.807, 2.05) is 25.1 Å². The van der Waals surface area contributed by atoms with Crippen LogP contribution in [0.15, 0.2) is 36.4 Å². The van der Waals surface area contributed by atoms with Gasteiger partial charge < -0.3 is 4.29 Å². The van der Waals surface area contributed by atoms with E-state index in [1.54, 1.807) is 0 Å². The van der Waals surface area contributed by atoms with Crippen molar-refractivity contribution in [3.8, 4) is 0 Å². The molecule has 1 heterocycles. The third-order valence-electron chi connectivity index (χ3n) is 3.56. The molecule has 0 N–H and O–H groups in total. The second-order valence-corrected chi connectivity index (χ2v) is 4.81.